The molecule has 1 aliphatic heterocycles. The summed E-state index contributed by atoms with van der Waals surface area (Å²) in [5.74, 6) is -0.927. The molecule has 2 atom stereocenters. The van der Waals surface area contributed by atoms with Crippen molar-refractivity contribution >= 4 is 59.8 Å². The van der Waals surface area contributed by atoms with Crippen LogP contribution in [-0.4, -0.2) is 77.3 Å². The lowest BCUT2D eigenvalue weighted by Gasteiger charge is -2.42. The van der Waals surface area contributed by atoms with E-state index in [1.54, 1.807) is 26.8 Å². The number of amides is 2. The number of aromatic nitrogens is 1. The van der Waals surface area contributed by atoms with E-state index in [9.17, 15) is 24.6 Å². The number of aliphatic hydroxyl groups excluding tert-OH is 1. The molecule has 1 aliphatic rings. The molecule has 0 spiro atoms. The minimum Gasteiger partial charge on any atom is -0.543 e. The molecule has 2 aromatic carbocycles. The SMILES string of the molecule is CC(C)[Si](Oc1cc(C[C@H](NC(=O)OC(C)(C)C)C(=O)N2CC=CC(C(=O)O)N2)cc(-c2ccc3[nH]c(I)c(CC(C)(C)CO)c3c2)c1)(C(C)C)C(C)C. The van der Waals surface area contributed by atoms with Gasteiger partial charge in [-0.05, 0) is 118 Å². The lowest BCUT2D eigenvalue weighted by atomic mass is 9.86. The summed E-state index contributed by atoms with van der Waals surface area (Å²) < 4.78 is 13.8. The molecule has 0 bridgehead atoms. The number of carbonyl (C=O) groups is 3. The summed E-state index contributed by atoms with van der Waals surface area (Å²) in [5.41, 5.74) is 7.31. The Kier molecular flexibility index (Phi) is 13.8. The molecule has 1 aromatic heterocycles. The average molecular weight is 875 g/mol. The molecule has 11 nitrogen and oxygen atoms in total. The molecule has 3 aromatic rings. The molecule has 0 saturated carbocycles. The number of fused-ring (bicyclic) bond motifs is 1. The molecule has 0 fully saturated rings. The quantitative estimate of drug-likeness (QED) is 0.0616. The molecule has 2 amide bonds. The third kappa shape index (κ3) is 10.3. The molecule has 54 heavy (non-hydrogen) atoms. The summed E-state index contributed by atoms with van der Waals surface area (Å²) in [6.07, 6.45) is 3.12. The van der Waals surface area contributed by atoms with Crippen molar-refractivity contribution in [3.05, 3.63) is 63.4 Å². The van der Waals surface area contributed by atoms with Crippen LogP contribution in [-0.2, 0) is 27.2 Å². The van der Waals surface area contributed by atoms with Crippen LogP contribution in [0.3, 0.4) is 0 Å². The third-order valence-corrected chi connectivity index (χ3v) is 17.0. The lowest BCUT2D eigenvalue weighted by Crippen LogP contribution is -2.59. The van der Waals surface area contributed by atoms with E-state index in [0.717, 1.165) is 36.9 Å². The predicted octanol–water partition coefficient (Wildman–Crippen LogP) is 8.35. The number of halogens is 1. The summed E-state index contributed by atoms with van der Waals surface area (Å²) in [4.78, 5) is 42.7. The van der Waals surface area contributed by atoms with Gasteiger partial charge in [-0.2, -0.15) is 0 Å². The maximum Gasteiger partial charge on any atom is 0.408 e. The molecule has 0 saturated heterocycles. The number of hydrogen-bond acceptors (Lipinski definition) is 7. The highest BCUT2D eigenvalue weighted by atomic mass is 127. The number of carbonyl (C=O) groups excluding carboxylic acids is 2. The topological polar surface area (TPSA) is 153 Å². The van der Waals surface area contributed by atoms with Crippen molar-refractivity contribution in [2.45, 2.75) is 123 Å². The highest BCUT2D eigenvalue weighted by Crippen LogP contribution is 2.44. The van der Waals surface area contributed by atoms with Gasteiger partial charge in [-0.1, -0.05) is 79.7 Å². The molecular weight excluding hydrogens is 815 g/mol. The van der Waals surface area contributed by atoms with Crippen LogP contribution in [0.25, 0.3) is 22.0 Å². The first-order chi connectivity index (χ1) is 25.1. The molecule has 296 valence electrons. The van der Waals surface area contributed by atoms with Gasteiger partial charge in [-0.25, -0.2) is 10.2 Å². The van der Waals surface area contributed by atoms with Crippen LogP contribution in [0.1, 0.15) is 87.3 Å². The first-order valence-electron chi connectivity index (χ1n) is 18.8. The van der Waals surface area contributed by atoms with Crippen molar-refractivity contribution in [1.82, 2.24) is 20.7 Å². The van der Waals surface area contributed by atoms with Crippen LogP contribution in [0.5, 0.6) is 5.75 Å². The Morgan fingerprint density at radius 1 is 0.981 bits per heavy atom. The molecule has 0 aliphatic carbocycles. The number of H-pyrrole nitrogens is 1. The van der Waals surface area contributed by atoms with Gasteiger partial charge in [-0.15, -0.1) is 0 Å². The first kappa shape index (κ1) is 43.3. The molecule has 5 N–H and O–H groups in total. The zero-order valence-electron chi connectivity index (χ0n) is 33.6. The van der Waals surface area contributed by atoms with Crippen LogP contribution in [0.15, 0.2) is 48.6 Å². The van der Waals surface area contributed by atoms with E-state index in [-0.39, 0.29) is 25.0 Å². The number of aliphatic carboxylic acids is 1. The number of nitrogens with zero attached hydrogens (tertiary/aromatic N) is 1. The number of ether oxygens (including phenoxy) is 1. The Bertz CT molecular complexity index is 1840. The van der Waals surface area contributed by atoms with Crippen LogP contribution < -0.4 is 15.2 Å². The third-order valence-electron chi connectivity index (χ3n) is 10.1. The first-order valence-corrected chi connectivity index (χ1v) is 22.0. The van der Waals surface area contributed by atoms with Gasteiger partial charge in [0, 0.05) is 23.9 Å². The van der Waals surface area contributed by atoms with Gasteiger partial charge in [0.25, 0.3) is 14.2 Å². The van der Waals surface area contributed by atoms with Crippen LogP contribution >= 0.6 is 22.6 Å². The van der Waals surface area contributed by atoms with Crippen LogP contribution in [0.2, 0.25) is 16.6 Å². The number of rotatable bonds is 14. The van der Waals surface area contributed by atoms with Gasteiger partial charge >= 0.3 is 12.1 Å². The second-order valence-electron chi connectivity index (χ2n) is 17.2. The fourth-order valence-corrected chi connectivity index (χ4v) is 13.6. The highest BCUT2D eigenvalue weighted by molar-refractivity contribution is 14.1. The molecule has 0 radical (unpaired) electrons. The smallest absolute Gasteiger partial charge is 0.408 e. The lowest BCUT2D eigenvalue weighted by molar-refractivity contribution is -0.143. The minimum atomic E-state index is -2.42. The maximum absolute atomic E-state index is 14.2. The van der Waals surface area contributed by atoms with E-state index in [1.165, 1.54) is 11.1 Å². The van der Waals surface area contributed by atoms with Gasteiger partial charge in [0.2, 0.25) is 0 Å². The van der Waals surface area contributed by atoms with Gasteiger partial charge in [0.15, 0.2) is 0 Å². The average Bonchev–Trinajstić information content (AvgIpc) is 3.38. The van der Waals surface area contributed by atoms with E-state index < -0.39 is 44.0 Å². The molecule has 2 heterocycles. The van der Waals surface area contributed by atoms with E-state index in [2.05, 4.69) is 104 Å². The van der Waals surface area contributed by atoms with Crippen molar-refractivity contribution in [2.75, 3.05) is 13.2 Å². The summed E-state index contributed by atoms with van der Waals surface area (Å²) in [6, 6.07) is 10.2. The Hall–Kier alpha value is -3.40. The second-order valence-corrected chi connectivity index (χ2v) is 23.6. The van der Waals surface area contributed by atoms with Crippen molar-refractivity contribution in [2.24, 2.45) is 5.41 Å². The Morgan fingerprint density at radius 3 is 2.20 bits per heavy atom. The maximum atomic E-state index is 14.2. The molecule has 13 heteroatoms. The number of alkyl carbamates (subject to hydrolysis) is 1. The molecule has 4 rings (SSSR count). The zero-order valence-corrected chi connectivity index (χ0v) is 36.8. The summed E-state index contributed by atoms with van der Waals surface area (Å²) >= 11 is 2.32. The second kappa shape index (κ2) is 17.2. The van der Waals surface area contributed by atoms with E-state index >= 15 is 0 Å². The fourth-order valence-electron chi connectivity index (χ4n) is 7.59. The summed E-state index contributed by atoms with van der Waals surface area (Å²) in [7, 11) is -2.42. The number of aliphatic hydroxyl groups is 1. The highest BCUT2D eigenvalue weighted by Gasteiger charge is 2.47. The summed E-state index contributed by atoms with van der Waals surface area (Å²) in [5, 5.41) is 24.8. The zero-order chi connectivity index (χ0) is 40.3. The Morgan fingerprint density at radius 2 is 1.63 bits per heavy atom. The van der Waals surface area contributed by atoms with E-state index in [1.807, 2.05) is 26.0 Å². The van der Waals surface area contributed by atoms with Crippen molar-refractivity contribution < 1.29 is 33.8 Å². The standard InChI is InChI=1S/C41H59IN4O7Si/c1-24(2)54(25(3)4,26(5)6)53-30-18-27(17-29(20-30)28-14-15-33-31(21-28)32(36(42)43-33)22-41(10,11)23-47)19-35(44-39(51)52-40(7,8)9)37(48)46-16-12-13-34(45-46)38(49)50/h12-15,17-18,20-21,24-26,34-35,43,45,47H,16,19,22-23H2,1-11H3,(H,44,51)(H,49,50)/t34?,35-/m0/s1. The van der Waals surface area contributed by atoms with E-state index in [0.29, 0.717) is 28.8 Å². The summed E-state index contributed by atoms with van der Waals surface area (Å²) in [6.45, 7) is 22.9. The normalized spacial score (nSPS) is 16.0. The van der Waals surface area contributed by atoms with Crippen molar-refractivity contribution in [3.8, 4) is 16.9 Å². The number of aromatic amines is 1. The molecular formula is C41H59IN4O7Si. The van der Waals surface area contributed by atoms with Gasteiger partial charge < -0.3 is 29.7 Å². The van der Waals surface area contributed by atoms with Crippen LogP contribution in [0, 0.1) is 9.12 Å². The van der Waals surface area contributed by atoms with Gasteiger partial charge in [-0.3, -0.25) is 14.6 Å². The van der Waals surface area contributed by atoms with E-state index in [4.69, 9.17) is 9.16 Å². The number of hydrazine groups is 1. The predicted molar refractivity (Wildman–Crippen MR) is 225 cm³/mol. The van der Waals surface area contributed by atoms with Crippen molar-refractivity contribution in [3.63, 3.8) is 0 Å². The monoisotopic (exact) mass is 874 g/mol. The number of carboxylic acid groups (broad SMARTS) is 1. The van der Waals surface area contributed by atoms with Gasteiger partial charge in [0.05, 0.1) is 10.2 Å². The number of hydrogen-bond donors (Lipinski definition) is 5. The number of nitrogens with one attached hydrogen (secondary N) is 3. The van der Waals surface area contributed by atoms with Gasteiger partial charge in [0.1, 0.15) is 23.4 Å². The Balaban J connectivity index is 1.87. The fraction of sp³-hybridized carbons (Fsp3) is 0.537. The molecule has 1 unspecified atom stereocenters. The van der Waals surface area contributed by atoms with Crippen LogP contribution in [0.4, 0.5) is 4.79 Å². The Labute approximate surface area is 334 Å². The number of carboxylic acids is 1. The van der Waals surface area contributed by atoms with Crippen molar-refractivity contribution in [1.29, 1.82) is 0 Å². The largest absolute Gasteiger partial charge is 0.543 e. The minimum absolute atomic E-state index is 0.0583. The number of benzene rings is 2.